The third-order valence-corrected chi connectivity index (χ3v) is 3.45. The first-order valence-corrected chi connectivity index (χ1v) is 7.17. The largest absolute Gasteiger partial charge is 0.319 e. The summed E-state index contributed by atoms with van der Waals surface area (Å²) >= 11 is 6.50. The highest BCUT2D eigenvalue weighted by atomic mass is 79.9. The lowest BCUT2D eigenvalue weighted by molar-refractivity contribution is -0.385. The maximum atomic E-state index is 13.7. The zero-order valence-electron chi connectivity index (χ0n) is 10.3. The third-order valence-electron chi connectivity index (χ3n) is 2.54. The van der Waals surface area contributed by atoms with Crippen LogP contribution < -0.4 is 5.32 Å². The fourth-order valence-electron chi connectivity index (χ4n) is 1.60. The summed E-state index contributed by atoms with van der Waals surface area (Å²) in [6, 6.07) is 7.93. The molecule has 8 heteroatoms. The van der Waals surface area contributed by atoms with Crippen LogP contribution in [0.2, 0.25) is 0 Å². The van der Waals surface area contributed by atoms with Crippen LogP contribution in [0.25, 0.3) is 0 Å². The van der Waals surface area contributed by atoms with Crippen molar-refractivity contribution in [3.63, 3.8) is 0 Å². The third kappa shape index (κ3) is 3.85. The van der Waals surface area contributed by atoms with Crippen LogP contribution in [-0.2, 0) is 0 Å². The highest BCUT2D eigenvalue weighted by Gasteiger charge is 2.14. The van der Waals surface area contributed by atoms with Crippen molar-refractivity contribution in [2.45, 2.75) is 0 Å². The maximum absolute atomic E-state index is 13.7. The number of non-ortho nitro benzene ring substituents is 1. The van der Waals surface area contributed by atoms with Gasteiger partial charge in [0.15, 0.2) is 5.82 Å². The molecule has 21 heavy (non-hydrogen) atoms. The van der Waals surface area contributed by atoms with E-state index in [0.29, 0.717) is 14.5 Å². The molecule has 0 unspecified atom stereocenters. The van der Waals surface area contributed by atoms with Gasteiger partial charge in [0.2, 0.25) is 0 Å². The van der Waals surface area contributed by atoms with Crippen LogP contribution in [0.3, 0.4) is 0 Å². The Balaban J connectivity index is 2.25. The van der Waals surface area contributed by atoms with E-state index in [1.807, 2.05) is 0 Å². The molecule has 2 aromatic rings. The first-order chi connectivity index (χ1) is 9.86. The predicted molar refractivity (Wildman–Crippen MR) is 82.8 cm³/mol. The van der Waals surface area contributed by atoms with Gasteiger partial charge in [-0.05, 0) is 24.3 Å². The molecule has 5 nitrogen and oxygen atoms in total. The molecule has 2 aromatic carbocycles. The summed E-state index contributed by atoms with van der Waals surface area (Å²) < 4.78 is 15.1. The Morgan fingerprint density at radius 2 is 1.76 bits per heavy atom. The number of halogens is 3. The van der Waals surface area contributed by atoms with Gasteiger partial charge in [0, 0.05) is 20.6 Å². The second-order valence-corrected chi connectivity index (χ2v) is 5.86. The molecular formula is C13H7Br2FN2O3. The zero-order chi connectivity index (χ0) is 15.6. The molecule has 0 fully saturated rings. The van der Waals surface area contributed by atoms with Crippen molar-refractivity contribution in [3.05, 3.63) is 66.8 Å². The van der Waals surface area contributed by atoms with Gasteiger partial charge in [-0.1, -0.05) is 31.9 Å². The van der Waals surface area contributed by atoms with Crippen molar-refractivity contribution >= 4 is 49.1 Å². The number of carbonyl (C=O) groups excluding carboxylic acids is 1. The highest BCUT2D eigenvalue weighted by Crippen LogP contribution is 2.23. The minimum Gasteiger partial charge on any atom is -0.319 e. The molecule has 0 aliphatic heterocycles. The van der Waals surface area contributed by atoms with E-state index in [1.54, 1.807) is 18.2 Å². The van der Waals surface area contributed by atoms with Crippen LogP contribution in [0, 0.1) is 15.9 Å². The molecule has 0 atom stereocenters. The number of nitro benzene ring substituents is 1. The Kier molecular flexibility index (Phi) is 4.69. The van der Waals surface area contributed by atoms with Gasteiger partial charge in [-0.25, -0.2) is 4.39 Å². The smallest absolute Gasteiger partial charge is 0.272 e. The molecule has 0 aliphatic rings. The molecule has 0 radical (unpaired) electrons. The van der Waals surface area contributed by atoms with Crippen LogP contribution in [0.4, 0.5) is 15.8 Å². The minimum absolute atomic E-state index is 0.123. The zero-order valence-corrected chi connectivity index (χ0v) is 13.4. The van der Waals surface area contributed by atoms with Gasteiger partial charge in [0.05, 0.1) is 16.7 Å². The minimum atomic E-state index is -0.869. The Bertz CT molecular complexity index is 717. The maximum Gasteiger partial charge on any atom is 0.272 e. The molecule has 0 saturated heterocycles. The fraction of sp³-hybridized carbons (Fsp3) is 0. The number of anilines is 1. The molecule has 108 valence electrons. The van der Waals surface area contributed by atoms with Gasteiger partial charge >= 0.3 is 0 Å². The Labute approximate surface area is 135 Å². The molecule has 0 spiro atoms. The fourth-order valence-corrected chi connectivity index (χ4v) is 2.89. The van der Waals surface area contributed by atoms with Gasteiger partial charge in [-0.2, -0.15) is 0 Å². The number of carbonyl (C=O) groups is 1. The van der Waals surface area contributed by atoms with Gasteiger partial charge in [0.25, 0.3) is 11.6 Å². The second-order valence-electron chi connectivity index (χ2n) is 4.03. The van der Waals surface area contributed by atoms with E-state index in [-0.39, 0.29) is 11.4 Å². The van der Waals surface area contributed by atoms with Crippen molar-refractivity contribution in [2.24, 2.45) is 0 Å². The molecule has 2 rings (SSSR count). The number of amides is 1. The number of hydrogen-bond acceptors (Lipinski definition) is 3. The first kappa shape index (κ1) is 15.6. The summed E-state index contributed by atoms with van der Waals surface area (Å²) in [5, 5.41) is 12.9. The average Bonchev–Trinajstić information content (AvgIpc) is 2.39. The summed E-state index contributed by atoms with van der Waals surface area (Å²) in [6.07, 6.45) is 0. The lowest BCUT2D eigenvalue weighted by Gasteiger charge is -2.07. The van der Waals surface area contributed by atoms with Crippen molar-refractivity contribution in [2.75, 3.05) is 5.32 Å². The van der Waals surface area contributed by atoms with Gasteiger partial charge in [0.1, 0.15) is 0 Å². The second kappa shape index (κ2) is 6.31. The topological polar surface area (TPSA) is 72.2 Å². The van der Waals surface area contributed by atoms with E-state index >= 15 is 0 Å². The van der Waals surface area contributed by atoms with Gasteiger partial charge in [-0.15, -0.1) is 0 Å². The summed E-state index contributed by atoms with van der Waals surface area (Å²) in [7, 11) is 0. The van der Waals surface area contributed by atoms with Crippen LogP contribution in [0.5, 0.6) is 0 Å². The van der Waals surface area contributed by atoms with Crippen molar-refractivity contribution < 1.29 is 14.1 Å². The van der Waals surface area contributed by atoms with E-state index in [0.717, 1.165) is 18.2 Å². The normalized spacial score (nSPS) is 10.2. The summed E-state index contributed by atoms with van der Waals surface area (Å²) in [4.78, 5) is 21.9. The lowest BCUT2D eigenvalue weighted by atomic mass is 10.2. The number of nitro groups is 1. The molecule has 1 N–H and O–H groups in total. The number of nitrogens with one attached hydrogen (secondary N) is 1. The number of nitrogens with zero attached hydrogens (tertiary/aromatic N) is 1. The van der Waals surface area contributed by atoms with E-state index < -0.39 is 16.6 Å². The standard InChI is InChI=1S/C13H7Br2FN2O3/c14-8-3-7(4-9(15)5-8)13(19)17-12-2-1-10(18(20)21)6-11(12)16/h1-6H,(H,17,19). The van der Waals surface area contributed by atoms with E-state index in [4.69, 9.17) is 0 Å². The molecule has 0 heterocycles. The van der Waals surface area contributed by atoms with Crippen LogP contribution in [-0.4, -0.2) is 10.8 Å². The van der Waals surface area contributed by atoms with Crippen LogP contribution in [0.1, 0.15) is 10.4 Å². The molecule has 0 saturated carbocycles. The summed E-state index contributed by atoms with van der Waals surface area (Å²) in [5.74, 6) is -1.39. The Hall–Kier alpha value is -1.80. The number of rotatable bonds is 3. The number of benzene rings is 2. The summed E-state index contributed by atoms with van der Waals surface area (Å²) in [5.41, 5.74) is -0.189. The lowest BCUT2D eigenvalue weighted by Crippen LogP contribution is -2.13. The van der Waals surface area contributed by atoms with Crippen molar-refractivity contribution in [1.82, 2.24) is 0 Å². The molecule has 0 aliphatic carbocycles. The highest BCUT2D eigenvalue weighted by molar-refractivity contribution is 9.11. The van der Waals surface area contributed by atoms with E-state index in [9.17, 15) is 19.3 Å². The molecule has 0 aromatic heterocycles. The monoisotopic (exact) mass is 416 g/mol. The van der Waals surface area contributed by atoms with Gasteiger partial charge < -0.3 is 5.32 Å². The SMILES string of the molecule is O=C(Nc1ccc([N+](=O)[O-])cc1F)c1cc(Br)cc(Br)c1. The first-order valence-electron chi connectivity index (χ1n) is 5.58. The van der Waals surface area contributed by atoms with E-state index in [2.05, 4.69) is 37.2 Å². The quantitative estimate of drug-likeness (QED) is 0.589. The van der Waals surface area contributed by atoms with Gasteiger partial charge in [-0.3, -0.25) is 14.9 Å². The molecular weight excluding hydrogens is 411 g/mol. The molecule has 0 bridgehead atoms. The van der Waals surface area contributed by atoms with Crippen molar-refractivity contribution in [1.29, 1.82) is 0 Å². The van der Waals surface area contributed by atoms with Crippen LogP contribution >= 0.6 is 31.9 Å². The Morgan fingerprint density at radius 3 is 2.29 bits per heavy atom. The number of hydrogen-bond donors (Lipinski definition) is 1. The predicted octanol–water partition coefficient (Wildman–Crippen LogP) is 4.51. The van der Waals surface area contributed by atoms with Crippen LogP contribution in [0.15, 0.2) is 45.3 Å². The summed E-state index contributed by atoms with van der Waals surface area (Å²) in [6.45, 7) is 0. The molecule has 1 amide bonds. The van der Waals surface area contributed by atoms with Crippen molar-refractivity contribution in [3.8, 4) is 0 Å². The Morgan fingerprint density at radius 1 is 1.14 bits per heavy atom. The van der Waals surface area contributed by atoms with E-state index in [1.165, 1.54) is 0 Å². The average molecular weight is 418 g/mol.